The van der Waals surface area contributed by atoms with Gasteiger partial charge in [0.05, 0.1) is 11.7 Å². The summed E-state index contributed by atoms with van der Waals surface area (Å²) in [5.41, 5.74) is 2.37. The largest absolute Gasteiger partial charge is 0.478 e. The molecular formula is C20H21NO6. The summed E-state index contributed by atoms with van der Waals surface area (Å²) in [6.45, 7) is 0.448. The molecule has 0 aliphatic carbocycles. The zero-order chi connectivity index (χ0) is 19.4. The van der Waals surface area contributed by atoms with E-state index in [0.29, 0.717) is 18.6 Å². The van der Waals surface area contributed by atoms with Crippen LogP contribution in [0.25, 0.3) is 11.1 Å². The molecule has 1 aliphatic heterocycles. The number of carbonyl (C=O) groups excluding carboxylic acids is 1. The lowest BCUT2D eigenvalue weighted by Crippen LogP contribution is -2.49. The first kappa shape index (κ1) is 19.0. The van der Waals surface area contributed by atoms with Crippen LogP contribution in [0.4, 0.5) is 0 Å². The van der Waals surface area contributed by atoms with Crippen molar-refractivity contribution in [2.45, 2.75) is 24.7 Å². The number of hydrogen-bond acceptors (Lipinski definition) is 5. The van der Waals surface area contributed by atoms with Crippen molar-refractivity contribution in [1.82, 2.24) is 5.32 Å². The maximum Gasteiger partial charge on any atom is 0.335 e. The van der Waals surface area contributed by atoms with E-state index in [2.05, 4.69) is 5.32 Å². The van der Waals surface area contributed by atoms with Gasteiger partial charge in [0.25, 0.3) is 5.91 Å². The van der Waals surface area contributed by atoms with Gasteiger partial charge in [-0.05, 0) is 41.8 Å². The van der Waals surface area contributed by atoms with Crippen LogP contribution in [0.1, 0.15) is 27.1 Å². The van der Waals surface area contributed by atoms with Crippen LogP contribution in [0.3, 0.4) is 0 Å². The Hall–Kier alpha value is -2.74. The highest BCUT2D eigenvalue weighted by Gasteiger charge is 2.31. The quantitative estimate of drug-likeness (QED) is 0.629. The zero-order valence-electron chi connectivity index (χ0n) is 14.5. The molecule has 4 N–H and O–H groups in total. The molecule has 0 bridgehead atoms. The Labute approximate surface area is 156 Å². The summed E-state index contributed by atoms with van der Waals surface area (Å²) >= 11 is 0. The van der Waals surface area contributed by atoms with Crippen molar-refractivity contribution < 1.29 is 29.6 Å². The van der Waals surface area contributed by atoms with Crippen LogP contribution in [0.2, 0.25) is 0 Å². The van der Waals surface area contributed by atoms with E-state index in [1.54, 1.807) is 36.4 Å². The smallest absolute Gasteiger partial charge is 0.335 e. The van der Waals surface area contributed by atoms with Crippen LogP contribution in [-0.2, 0) is 4.74 Å². The molecule has 0 spiro atoms. The van der Waals surface area contributed by atoms with Gasteiger partial charge in [-0.1, -0.05) is 24.3 Å². The van der Waals surface area contributed by atoms with Crippen molar-refractivity contribution in [3.05, 3.63) is 59.7 Å². The Morgan fingerprint density at radius 1 is 0.963 bits per heavy atom. The van der Waals surface area contributed by atoms with Crippen LogP contribution in [0.15, 0.2) is 48.5 Å². The highest BCUT2D eigenvalue weighted by molar-refractivity contribution is 5.94. The minimum absolute atomic E-state index is 0.107. The number of nitrogens with one attached hydrogen (secondary N) is 1. The number of aliphatic hydroxyl groups excluding tert-OH is 2. The number of carboxylic acid groups (broad SMARTS) is 1. The molecule has 3 atom stereocenters. The number of carboxylic acids is 1. The van der Waals surface area contributed by atoms with Gasteiger partial charge in [0.15, 0.2) is 0 Å². The number of carbonyl (C=O) groups is 2. The van der Waals surface area contributed by atoms with E-state index in [-0.39, 0.29) is 18.0 Å². The molecule has 3 rings (SSSR count). The van der Waals surface area contributed by atoms with Gasteiger partial charge < -0.3 is 25.4 Å². The first-order valence-corrected chi connectivity index (χ1v) is 8.65. The summed E-state index contributed by atoms with van der Waals surface area (Å²) < 4.78 is 5.38. The maximum atomic E-state index is 12.3. The van der Waals surface area contributed by atoms with E-state index >= 15 is 0 Å². The molecule has 1 heterocycles. The molecule has 27 heavy (non-hydrogen) atoms. The summed E-state index contributed by atoms with van der Waals surface area (Å²) in [6.07, 6.45) is -2.12. The van der Waals surface area contributed by atoms with Crippen LogP contribution >= 0.6 is 0 Å². The van der Waals surface area contributed by atoms with Crippen molar-refractivity contribution in [2.24, 2.45) is 0 Å². The number of rotatable bonds is 5. The van der Waals surface area contributed by atoms with Gasteiger partial charge in [0.1, 0.15) is 12.2 Å². The molecule has 0 radical (unpaired) electrons. The standard InChI is InChI=1S/C20H21NO6/c22-16-9-10-27-17(18(16)23)11-21-19(24)14-5-1-12(2-6-14)13-3-7-15(8-4-13)20(25)26/h1-8,16-18,22-23H,9-11H2,(H,21,24)(H,25,26). The number of aromatic carboxylic acids is 1. The molecular weight excluding hydrogens is 350 g/mol. The minimum atomic E-state index is -1.02. The lowest BCUT2D eigenvalue weighted by Gasteiger charge is -2.32. The van der Waals surface area contributed by atoms with Gasteiger partial charge in [-0.3, -0.25) is 4.79 Å². The van der Waals surface area contributed by atoms with Crippen LogP contribution in [0.5, 0.6) is 0 Å². The fraction of sp³-hybridized carbons (Fsp3) is 0.300. The van der Waals surface area contributed by atoms with E-state index in [1.807, 2.05) is 0 Å². The number of hydrogen-bond donors (Lipinski definition) is 4. The molecule has 7 nitrogen and oxygen atoms in total. The van der Waals surface area contributed by atoms with E-state index in [0.717, 1.165) is 11.1 Å². The SMILES string of the molecule is O=C(O)c1ccc(-c2ccc(C(=O)NCC3OCCC(O)C3O)cc2)cc1. The van der Waals surface area contributed by atoms with Crippen molar-refractivity contribution in [1.29, 1.82) is 0 Å². The third-order valence-electron chi connectivity index (χ3n) is 4.60. The average Bonchev–Trinajstić information content (AvgIpc) is 2.69. The number of ether oxygens (including phenoxy) is 1. The Morgan fingerprint density at radius 3 is 2.07 bits per heavy atom. The Morgan fingerprint density at radius 2 is 1.52 bits per heavy atom. The van der Waals surface area contributed by atoms with E-state index in [1.165, 1.54) is 12.1 Å². The van der Waals surface area contributed by atoms with Crippen LogP contribution < -0.4 is 5.32 Å². The van der Waals surface area contributed by atoms with E-state index < -0.39 is 24.3 Å². The summed E-state index contributed by atoms with van der Waals surface area (Å²) in [7, 11) is 0. The lowest BCUT2D eigenvalue weighted by atomic mass is 10.0. The summed E-state index contributed by atoms with van der Waals surface area (Å²) in [4.78, 5) is 23.2. The van der Waals surface area contributed by atoms with E-state index in [4.69, 9.17) is 9.84 Å². The zero-order valence-corrected chi connectivity index (χ0v) is 14.5. The number of amides is 1. The number of aliphatic hydroxyl groups is 2. The minimum Gasteiger partial charge on any atom is -0.478 e. The topological polar surface area (TPSA) is 116 Å². The predicted molar refractivity (Wildman–Crippen MR) is 97.5 cm³/mol. The Balaban J connectivity index is 1.61. The molecule has 0 aromatic heterocycles. The number of benzene rings is 2. The third-order valence-corrected chi connectivity index (χ3v) is 4.60. The molecule has 1 fully saturated rings. The molecule has 1 saturated heterocycles. The van der Waals surface area contributed by atoms with Gasteiger partial charge in [0, 0.05) is 18.7 Å². The highest BCUT2D eigenvalue weighted by Crippen LogP contribution is 2.21. The van der Waals surface area contributed by atoms with Gasteiger partial charge in [-0.15, -0.1) is 0 Å². The molecule has 0 saturated carbocycles. The molecule has 2 aromatic rings. The summed E-state index contributed by atoms with van der Waals surface area (Å²) in [5.74, 6) is -1.29. The van der Waals surface area contributed by atoms with Gasteiger partial charge in [-0.2, -0.15) is 0 Å². The Kier molecular flexibility index (Phi) is 5.85. The second-order valence-corrected chi connectivity index (χ2v) is 6.43. The van der Waals surface area contributed by atoms with Crippen LogP contribution in [0, 0.1) is 0 Å². The van der Waals surface area contributed by atoms with Gasteiger partial charge in [0.2, 0.25) is 0 Å². The van der Waals surface area contributed by atoms with Crippen molar-refractivity contribution >= 4 is 11.9 Å². The van der Waals surface area contributed by atoms with Gasteiger partial charge in [-0.25, -0.2) is 4.79 Å². The second kappa shape index (κ2) is 8.30. The van der Waals surface area contributed by atoms with Crippen molar-refractivity contribution in [3.63, 3.8) is 0 Å². The molecule has 1 amide bonds. The lowest BCUT2D eigenvalue weighted by molar-refractivity contribution is -0.132. The molecule has 142 valence electrons. The summed E-state index contributed by atoms with van der Waals surface area (Å²) in [5, 5.41) is 31.2. The fourth-order valence-electron chi connectivity index (χ4n) is 2.95. The normalized spacial score (nSPS) is 22.2. The average molecular weight is 371 g/mol. The van der Waals surface area contributed by atoms with Crippen molar-refractivity contribution in [3.8, 4) is 11.1 Å². The van der Waals surface area contributed by atoms with E-state index in [9.17, 15) is 19.8 Å². The molecule has 3 unspecified atom stereocenters. The molecule has 1 aliphatic rings. The monoisotopic (exact) mass is 371 g/mol. The second-order valence-electron chi connectivity index (χ2n) is 6.43. The Bertz CT molecular complexity index is 802. The third kappa shape index (κ3) is 4.51. The van der Waals surface area contributed by atoms with Crippen molar-refractivity contribution in [2.75, 3.05) is 13.2 Å². The summed E-state index contributed by atoms with van der Waals surface area (Å²) in [6, 6.07) is 13.4. The van der Waals surface area contributed by atoms with Gasteiger partial charge >= 0.3 is 5.97 Å². The predicted octanol–water partition coefficient (Wildman–Crippen LogP) is 1.29. The maximum absolute atomic E-state index is 12.3. The highest BCUT2D eigenvalue weighted by atomic mass is 16.5. The van der Waals surface area contributed by atoms with Crippen LogP contribution in [-0.4, -0.2) is 58.7 Å². The fourth-order valence-corrected chi connectivity index (χ4v) is 2.95. The molecule has 7 heteroatoms. The first-order chi connectivity index (χ1) is 13.0. The molecule has 2 aromatic carbocycles. The first-order valence-electron chi connectivity index (χ1n) is 8.65.